The monoisotopic (exact) mass is 189 g/mol. The van der Waals surface area contributed by atoms with Crippen molar-refractivity contribution in [3.05, 3.63) is 5.89 Å². The first-order valence-electron chi connectivity index (χ1n) is 3.99. The Morgan fingerprint density at radius 1 is 1.50 bits per heavy atom. The molecule has 0 amide bonds. The first-order valence-corrected chi connectivity index (χ1v) is 4.52. The van der Waals surface area contributed by atoms with E-state index in [1.807, 2.05) is 0 Å². The number of aryl methyl sites for hydroxylation is 1. The molecule has 0 atom stereocenters. The zero-order valence-corrected chi connectivity index (χ0v) is 7.76. The third-order valence-electron chi connectivity index (χ3n) is 1.30. The molecule has 0 aliphatic rings. The zero-order chi connectivity index (χ0) is 8.81. The third kappa shape index (κ3) is 2.70. The lowest BCUT2D eigenvalue weighted by Gasteiger charge is -1.94. The van der Waals surface area contributed by atoms with E-state index in [1.54, 1.807) is 0 Å². The van der Waals surface area contributed by atoms with Crippen LogP contribution in [0.3, 0.4) is 0 Å². The number of hydrogen-bond acceptors (Lipinski definition) is 4. The summed E-state index contributed by atoms with van der Waals surface area (Å²) in [6.45, 7) is 2.92. The van der Waals surface area contributed by atoms with Crippen molar-refractivity contribution in [2.24, 2.45) is 0 Å². The predicted molar refractivity (Wildman–Crippen MR) is 47.5 cm³/mol. The quantitative estimate of drug-likeness (QED) is 0.716. The number of nitrogens with zero attached hydrogens (tertiary/aromatic N) is 2. The van der Waals surface area contributed by atoms with Crippen LogP contribution in [0.2, 0.25) is 0 Å². The number of anilines is 1. The molecule has 12 heavy (non-hydrogen) atoms. The van der Waals surface area contributed by atoms with E-state index in [-0.39, 0.29) is 0 Å². The van der Waals surface area contributed by atoms with Crippen molar-refractivity contribution in [1.82, 2.24) is 10.2 Å². The molecule has 0 saturated heterocycles. The number of alkyl halides is 1. The molecule has 68 valence electrons. The van der Waals surface area contributed by atoms with E-state index in [2.05, 4.69) is 22.4 Å². The van der Waals surface area contributed by atoms with Gasteiger partial charge in [0, 0.05) is 18.8 Å². The van der Waals surface area contributed by atoms with Crippen LogP contribution in [0.5, 0.6) is 0 Å². The van der Waals surface area contributed by atoms with Crippen LogP contribution in [0.1, 0.15) is 19.2 Å². The van der Waals surface area contributed by atoms with E-state index in [0.29, 0.717) is 24.2 Å². The Morgan fingerprint density at radius 3 is 3.00 bits per heavy atom. The molecule has 0 fully saturated rings. The summed E-state index contributed by atoms with van der Waals surface area (Å²) in [7, 11) is 0. The molecule has 1 rings (SSSR count). The van der Waals surface area contributed by atoms with Gasteiger partial charge in [-0.05, 0) is 6.42 Å². The van der Waals surface area contributed by atoms with E-state index >= 15 is 0 Å². The minimum atomic E-state index is 0.483. The highest BCUT2D eigenvalue weighted by Crippen LogP contribution is 2.05. The minimum absolute atomic E-state index is 0.483. The molecular formula is C7H12ClN3O. The summed E-state index contributed by atoms with van der Waals surface area (Å²) in [5.74, 6) is 1.10. The first kappa shape index (κ1) is 9.32. The topological polar surface area (TPSA) is 51.0 Å². The minimum Gasteiger partial charge on any atom is -0.408 e. The summed E-state index contributed by atoms with van der Waals surface area (Å²) < 4.78 is 5.21. The lowest BCUT2D eigenvalue weighted by atomic mass is 10.5. The van der Waals surface area contributed by atoms with Gasteiger partial charge in [-0.1, -0.05) is 12.0 Å². The summed E-state index contributed by atoms with van der Waals surface area (Å²) in [6, 6.07) is 0.483. The van der Waals surface area contributed by atoms with Gasteiger partial charge >= 0.3 is 6.01 Å². The fourth-order valence-electron chi connectivity index (χ4n) is 0.739. The average Bonchev–Trinajstić information content (AvgIpc) is 2.50. The number of aromatic nitrogens is 2. The van der Waals surface area contributed by atoms with Crippen molar-refractivity contribution in [2.75, 3.05) is 17.7 Å². The Morgan fingerprint density at radius 2 is 2.33 bits per heavy atom. The molecule has 5 heteroatoms. The van der Waals surface area contributed by atoms with Gasteiger partial charge in [0.2, 0.25) is 5.89 Å². The summed E-state index contributed by atoms with van der Waals surface area (Å²) >= 11 is 5.50. The highest BCUT2D eigenvalue weighted by molar-refractivity contribution is 6.17. The van der Waals surface area contributed by atoms with Crippen LogP contribution in [-0.4, -0.2) is 22.6 Å². The van der Waals surface area contributed by atoms with Crippen molar-refractivity contribution in [3.63, 3.8) is 0 Å². The summed E-state index contributed by atoms with van der Waals surface area (Å²) in [4.78, 5) is 0. The lowest BCUT2D eigenvalue weighted by Crippen LogP contribution is -1.99. The van der Waals surface area contributed by atoms with Gasteiger partial charge in [-0.3, -0.25) is 0 Å². The van der Waals surface area contributed by atoms with Crippen LogP contribution in [0, 0.1) is 0 Å². The van der Waals surface area contributed by atoms with Gasteiger partial charge in [0.05, 0.1) is 0 Å². The van der Waals surface area contributed by atoms with Crippen molar-refractivity contribution < 1.29 is 4.42 Å². The molecule has 0 radical (unpaired) electrons. The Bertz CT molecular complexity index is 226. The van der Waals surface area contributed by atoms with Crippen LogP contribution in [-0.2, 0) is 6.42 Å². The lowest BCUT2D eigenvalue weighted by molar-refractivity contribution is 0.512. The van der Waals surface area contributed by atoms with Crippen LogP contribution in [0.15, 0.2) is 4.42 Å². The molecule has 0 bridgehead atoms. The highest BCUT2D eigenvalue weighted by atomic mass is 35.5. The fourth-order valence-corrected chi connectivity index (χ4v) is 0.901. The molecule has 1 aromatic rings. The maximum Gasteiger partial charge on any atom is 0.315 e. The largest absolute Gasteiger partial charge is 0.408 e. The van der Waals surface area contributed by atoms with Crippen LogP contribution in [0.25, 0.3) is 0 Å². The predicted octanol–water partition coefficient (Wildman–Crippen LogP) is 1.67. The average molecular weight is 190 g/mol. The maximum absolute atomic E-state index is 5.50. The SMILES string of the molecule is CCCNc1nnc(CCCl)o1. The Balaban J connectivity index is 2.41. The van der Waals surface area contributed by atoms with E-state index in [1.165, 1.54) is 0 Å². The summed E-state index contributed by atoms with van der Waals surface area (Å²) in [6.07, 6.45) is 1.66. The fraction of sp³-hybridized carbons (Fsp3) is 0.714. The second-order valence-electron chi connectivity index (χ2n) is 2.37. The molecule has 1 heterocycles. The molecule has 0 aliphatic carbocycles. The molecular weight excluding hydrogens is 178 g/mol. The van der Waals surface area contributed by atoms with E-state index in [0.717, 1.165) is 13.0 Å². The molecule has 0 unspecified atom stereocenters. The summed E-state index contributed by atoms with van der Waals surface area (Å²) in [5, 5.41) is 10.6. The standard InChI is InChI=1S/C7H12ClN3O/c1-2-5-9-7-11-10-6(12-7)3-4-8/h2-5H2,1H3,(H,9,11). The second kappa shape index (κ2) is 4.98. The summed E-state index contributed by atoms with van der Waals surface area (Å²) in [5.41, 5.74) is 0. The molecule has 4 nitrogen and oxygen atoms in total. The number of hydrogen-bond donors (Lipinski definition) is 1. The Labute approximate surface area is 76.3 Å². The number of rotatable bonds is 5. The van der Waals surface area contributed by atoms with Crippen molar-refractivity contribution in [2.45, 2.75) is 19.8 Å². The van der Waals surface area contributed by atoms with Crippen LogP contribution < -0.4 is 5.32 Å². The van der Waals surface area contributed by atoms with E-state index in [4.69, 9.17) is 16.0 Å². The van der Waals surface area contributed by atoms with E-state index < -0.39 is 0 Å². The van der Waals surface area contributed by atoms with Crippen LogP contribution in [0.4, 0.5) is 6.01 Å². The van der Waals surface area contributed by atoms with Gasteiger partial charge in [-0.25, -0.2) is 0 Å². The Kier molecular flexibility index (Phi) is 3.87. The molecule has 0 aromatic carbocycles. The van der Waals surface area contributed by atoms with Gasteiger partial charge in [-0.2, -0.15) is 0 Å². The van der Waals surface area contributed by atoms with E-state index in [9.17, 15) is 0 Å². The molecule has 0 saturated carbocycles. The van der Waals surface area contributed by atoms with Crippen molar-refractivity contribution >= 4 is 17.6 Å². The van der Waals surface area contributed by atoms with Gasteiger partial charge in [-0.15, -0.1) is 16.7 Å². The van der Waals surface area contributed by atoms with Crippen LogP contribution >= 0.6 is 11.6 Å². The van der Waals surface area contributed by atoms with Gasteiger partial charge in [0.1, 0.15) is 0 Å². The molecule has 0 spiro atoms. The Hall–Kier alpha value is -0.770. The molecule has 0 aliphatic heterocycles. The molecule has 1 N–H and O–H groups in total. The smallest absolute Gasteiger partial charge is 0.315 e. The normalized spacial score (nSPS) is 10.2. The van der Waals surface area contributed by atoms with Crippen molar-refractivity contribution in [1.29, 1.82) is 0 Å². The zero-order valence-electron chi connectivity index (χ0n) is 7.01. The molecule has 1 aromatic heterocycles. The highest BCUT2D eigenvalue weighted by Gasteiger charge is 2.02. The van der Waals surface area contributed by atoms with Gasteiger partial charge in [0.25, 0.3) is 0 Å². The third-order valence-corrected chi connectivity index (χ3v) is 1.49. The van der Waals surface area contributed by atoms with Gasteiger partial charge in [0.15, 0.2) is 0 Å². The van der Waals surface area contributed by atoms with Crippen molar-refractivity contribution in [3.8, 4) is 0 Å². The maximum atomic E-state index is 5.50. The van der Waals surface area contributed by atoms with Gasteiger partial charge < -0.3 is 9.73 Å². The second-order valence-corrected chi connectivity index (χ2v) is 2.74. The first-order chi connectivity index (χ1) is 5.86. The number of nitrogens with one attached hydrogen (secondary N) is 1. The number of halogens is 1.